The normalized spacial score (nSPS) is 12.9. The fraction of sp³-hybridized carbons (Fsp3) is 0.364. The fourth-order valence-electron chi connectivity index (χ4n) is 2.77. The van der Waals surface area contributed by atoms with Crippen LogP contribution >= 0.6 is 11.6 Å². The zero-order chi connectivity index (χ0) is 20.7. The number of rotatable bonds is 8. The lowest BCUT2D eigenvalue weighted by atomic mass is 10.0. The molecule has 0 aliphatic heterocycles. The molecule has 0 radical (unpaired) electrons. The average molecular weight is 403 g/mol. The first kappa shape index (κ1) is 21.8. The zero-order valence-corrected chi connectivity index (χ0v) is 17.4. The van der Waals surface area contributed by atoms with Crippen molar-refractivity contribution in [1.29, 1.82) is 0 Å². The molecule has 0 heterocycles. The number of hydrogen-bond donors (Lipinski definition) is 2. The van der Waals surface area contributed by atoms with Crippen LogP contribution in [0.3, 0.4) is 0 Å². The van der Waals surface area contributed by atoms with Crippen LogP contribution in [0.1, 0.15) is 49.7 Å². The molecule has 2 amide bonds. The maximum Gasteiger partial charge on any atom is 0.251 e. The largest absolute Gasteiger partial charge is 0.494 e. The molecular weight excluding hydrogens is 376 g/mol. The number of ether oxygens (including phenoxy) is 1. The van der Waals surface area contributed by atoms with Crippen molar-refractivity contribution in [2.75, 3.05) is 6.61 Å². The fourth-order valence-corrected chi connectivity index (χ4v) is 2.89. The van der Waals surface area contributed by atoms with Crippen molar-refractivity contribution in [2.24, 2.45) is 5.92 Å². The van der Waals surface area contributed by atoms with Gasteiger partial charge in [-0.15, -0.1) is 0 Å². The Labute approximate surface area is 171 Å². The van der Waals surface area contributed by atoms with Gasteiger partial charge in [-0.1, -0.05) is 37.6 Å². The third-order valence-corrected chi connectivity index (χ3v) is 4.64. The van der Waals surface area contributed by atoms with Gasteiger partial charge in [0.05, 0.1) is 12.6 Å². The number of nitrogens with one attached hydrogen (secondary N) is 2. The molecule has 2 aromatic carbocycles. The van der Waals surface area contributed by atoms with E-state index in [1.807, 2.05) is 39.8 Å². The standard InChI is InChI=1S/C22H27ClN2O3/c1-5-28-19-12-8-17(9-13-19)21(26)25-20(14(2)3)22(27)24-15(4)16-6-10-18(23)11-7-16/h6-15,20H,5H2,1-4H3,(H,24,27)(H,25,26)/t15-,20+/m1/s1. The highest BCUT2D eigenvalue weighted by Gasteiger charge is 2.26. The Balaban J connectivity index is 2.03. The predicted octanol–water partition coefficient (Wildman–Crippen LogP) is 4.37. The minimum atomic E-state index is -0.645. The van der Waals surface area contributed by atoms with E-state index in [1.54, 1.807) is 36.4 Å². The minimum Gasteiger partial charge on any atom is -0.494 e. The minimum absolute atomic E-state index is 0.0657. The summed E-state index contributed by atoms with van der Waals surface area (Å²) in [5, 5.41) is 6.44. The number of benzene rings is 2. The van der Waals surface area contributed by atoms with Crippen LogP contribution in [0.25, 0.3) is 0 Å². The summed E-state index contributed by atoms with van der Waals surface area (Å²) in [4.78, 5) is 25.3. The highest BCUT2D eigenvalue weighted by Crippen LogP contribution is 2.17. The Morgan fingerprint density at radius 2 is 1.57 bits per heavy atom. The van der Waals surface area contributed by atoms with Gasteiger partial charge >= 0.3 is 0 Å². The van der Waals surface area contributed by atoms with Crippen LogP contribution in [0.2, 0.25) is 5.02 Å². The van der Waals surface area contributed by atoms with Crippen LogP contribution in [0.15, 0.2) is 48.5 Å². The van der Waals surface area contributed by atoms with Crippen molar-refractivity contribution < 1.29 is 14.3 Å². The zero-order valence-electron chi connectivity index (χ0n) is 16.7. The van der Waals surface area contributed by atoms with E-state index in [-0.39, 0.29) is 23.8 Å². The van der Waals surface area contributed by atoms with E-state index < -0.39 is 6.04 Å². The van der Waals surface area contributed by atoms with E-state index in [9.17, 15) is 9.59 Å². The molecule has 28 heavy (non-hydrogen) atoms. The summed E-state index contributed by atoms with van der Waals surface area (Å²) in [6.45, 7) is 8.16. The van der Waals surface area contributed by atoms with E-state index in [0.717, 1.165) is 5.56 Å². The Hall–Kier alpha value is -2.53. The first-order chi connectivity index (χ1) is 13.3. The molecule has 2 atom stereocenters. The molecule has 6 heteroatoms. The van der Waals surface area contributed by atoms with Gasteiger partial charge in [0.25, 0.3) is 5.91 Å². The van der Waals surface area contributed by atoms with E-state index in [1.165, 1.54) is 0 Å². The van der Waals surface area contributed by atoms with Crippen LogP contribution in [0.5, 0.6) is 5.75 Å². The van der Waals surface area contributed by atoms with Gasteiger partial charge in [0, 0.05) is 10.6 Å². The van der Waals surface area contributed by atoms with Crippen LogP contribution in [0.4, 0.5) is 0 Å². The van der Waals surface area contributed by atoms with Gasteiger partial charge in [0.2, 0.25) is 5.91 Å². The summed E-state index contributed by atoms with van der Waals surface area (Å²) in [5.41, 5.74) is 1.42. The van der Waals surface area contributed by atoms with Gasteiger partial charge in [0.1, 0.15) is 11.8 Å². The van der Waals surface area contributed by atoms with Gasteiger partial charge in [-0.05, 0) is 61.7 Å². The van der Waals surface area contributed by atoms with E-state index >= 15 is 0 Å². The summed E-state index contributed by atoms with van der Waals surface area (Å²) in [5.74, 6) is 0.117. The Bertz CT molecular complexity index is 788. The Morgan fingerprint density at radius 3 is 2.11 bits per heavy atom. The van der Waals surface area contributed by atoms with Crippen molar-refractivity contribution in [3.63, 3.8) is 0 Å². The third-order valence-electron chi connectivity index (χ3n) is 4.39. The summed E-state index contributed by atoms with van der Waals surface area (Å²) in [7, 11) is 0. The maximum atomic E-state index is 12.8. The monoisotopic (exact) mass is 402 g/mol. The van der Waals surface area contributed by atoms with Gasteiger partial charge < -0.3 is 15.4 Å². The van der Waals surface area contributed by atoms with Crippen LogP contribution in [-0.2, 0) is 4.79 Å². The highest BCUT2D eigenvalue weighted by molar-refractivity contribution is 6.30. The van der Waals surface area contributed by atoms with Crippen LogP contribution in [0, 0.1) is 5.92 Å². The topological polar surface area (TPSA) is 67.4 Å². The Morgan fingerprint density at radius 1 is 0.964 bits per heavy atom. The van der Waals surface area contributed by atoms with E-state index in [2.05, 4.69) is 10.6 Å². The molecule has 0 bridgehead atoms. The van der Waals surface area contributed by atoms with Gasteiger partial charge in [-0.2, -0.15) is 0 Å². The van der Waals surface area contributed by atoms with E-state index in [0.29, 0.717) is 22.9 Å². The molecule has 0 unspecified atom stereocenters. The molecule has 5 nitrogen and oxygen atoms in total. The van der Waals surface area contributed by atoms with Crippen molar-refractivity contribution in [3.8, 4) is 5.75 Å². The van der Waals surface area contributed by atoms with Crippen molar-refractivity contribution >= 4 is 23.4 Å². The summed E-state index contributed by atoms with van der Waals surface area (Å²) in [6.07, 6.45) is 0. The first-order valence-electron chi connectivity index (χ1n) is 9.41. The van der Waals surface area contributed by atoms with Crippen molar-refractivity contribution in [3.05, 3.63) is 64.7 Å². The average Bonchev–Trinajstić information content (AvgIpc) is 2.66. The lowest BCUT2D eigenvalue weighted by Gasteiger charge is -2.24. The van der Waals surface area contributed by atoms with Gasteiger partial charge in [-0.3, -0.25) is 9.59 Å². The second-order valence-electron chi connectivity index (χ2n) is 6.93. The molecule has 0 aliphatic rings. The van der Waals surface area contributed by atoms with Crippen LogP contribution < -0.4 is 15.4 Å². The van der Waals surface area contributed by atoms with Gasteiger partial charge in [-0.25, -0.2) is 0 Å². The Kier molecular flexibility index (Phi) is 7.88. The molecule has 0 aliphatic carbocycles. The smallest absolute Gasteiger partial charge is 0.251 e. The molecular formula is C22H27ClN2O3. The molecule has 2 aromatic rings. The molecule has 0 saturated heterocycles. The third kappa shape index (κ3) is 5.99. The quantitative estimate of drug-likeness (QED) is 0.688. The SMILES string of the molecule is CCOc1ccc(C(=O)N[C@H](C(=O)N[C@H](C)c2ccc(Cl)cc2)C(C)C)cc1. The highest BCUT2D eigenvalue weighted by atomic mass is 35.5. The lowest BCUT2D eigenvalue weighted by molar-refractivity contribution is -0.124. The number of halogens is 1. The van der Waals surface area contributed by atoms with Gasteiger partial charge in [0.15, 0.2) is 0 Å². The first-order valence-corrected chi connectivity index (χ1v) is 9.79. The molecule has 0 spiro atoms. The summed E-state index contributed by atoms with van der Waals surface area (Å²) in [6, 6.07) is 13.3. The molecule has 0 fully saturated rings. The number of carbonyl (C=O) groups is 2. The molecule has 2 N–H and O–H groups in total. The van der Waals surface area contributed by atoms with E-state index in [4.69, 9.17) is 16.3 Å². The second-order valence-corrected chi connectivity index (χ2v) is 7.37. The predicted molar refractivity (Wildman–Crippen MR) is 112 cm³/mol. The molecule has 0 aromatic heterocycles. The molecule has 2 rings (SSSR count). The molecule has 150 valence electrons. The van der Waals surface area contributed by atoms with Crippen molar-refractivity contribution in [2.45, 2.75) is 39.8 Å². The lowest BCUT2D eigenvalue weighted by Crippen LogP contribution is -2.50. The van der Waals surface area contributed by atoms with Crippen LogP contribution in [-0.4, -0.2) is 24.5 Å². The summed E-state index contributed by atoms with van der Waals surface area (Å²) >= 11 is 5.91. The molecule has 0 saturated carbocycles. The number of carbonyl (C=O) groups excluding carboxylic acids is 2. The van der Waals surface area contributed by atoms with Crippen molar-refractivity contribution in [1.82, 2.24) is 10.6 Å². The maximum absolute atomic E-state index is 12.8. The summed E-state index contributed by atoms with van der Waals surface area (Å²) < 4.78 is 5.39. The second kappa shape index (κ2) is 10.1. The number of hydrogen-bond acceptors (Lipinski definition) is 3. The number of amides is 2.